The molecule has 0 atom stereocenters. The van der Waals surface area contributed by atoms with Gasteiger partial charge in [-0.25, -0.2) is 0 Å². The Hall–Kier alpha value is -1.02. The normalized spacial score (nSPS) is 17.9. The van der Waals surface area contributed by atoms with Crippen molar-refractivity contribution in [3.05, 3.63) is 29.8 Å². The van der Waals surface area contributed by atoms with Gasteiger partial charge in [0.1, 0.15) is 5.75 Å². The van der Waals surface area contributed by atoms with E-state index in [1.807, 2.05) is 6.07 Å². The highest BCUT2D eigenvalue weighted by Crippen LogP contribution is 2.40. The van der Waals surface area contributed by atoms with E-state index in [0.29, 0.717) is 0 Å². The standard InChI is InChI=1S/C14H21NO/c1-2-12-5-3-6-13(9-12)16-11-14(10-15)7-4-8-14/h3,5-6,9H,2,4,7-8,10-11,15H2,1H3. The molecule has 0 radical (unpaired) electrons. The summed E-state index contributed by atoms with van der Waals surface area (Å²) in [5.74, 6) is 0.985. The highest BCUT2D eigenvalue weighted by molar-refractivity contribution is 5.28. The molecule has 1 aliphatic carbocycles. The number of aryl methyl sites for hydroxylation is 1. The number of rotatable bonds is 5. The van der Waals surface area contributed by atoms with Gasteiger partial charge >= 0.3 is 0 Å². The second-order valence-electron chi connectivity index (χ2n) is 4.85. The molecule has 2 rings (SSSR count). The predicted octanol–water partition coefficient (Wildman–Crippen LogP) is 2.76. The first-order chi connectivity index (χ1) is 7.78. The van der Waals surface area contributed by atoms with Gasteiger partial charge in [0, 0.05) is 12.0 Å². The maximum atomic E-state index is 5.87. The van der Waals surface area contributed by atoms with Crippen LogP contribution < -0.4 is 10.5 Å². The number of ether oxygens (including phenoxy) is 1. The molecule has 1 aromatic rings. The molecule has 2 N–H and O–H groups in total. The van der Waals surface area contributed by atoms with E-state index in [-0.39, 0.29) is 5.41 Å². The van der Waals surface area contributed by atoms with Crippen LogP contribution in [-0.4, -0.2) is 13.2 Å². The van der Waals surface area contributed by atoms with E-state index in [2.05, 4.69) is 25.1 Å². The molecule has 1 aliphatic rings. The van der Waals surface area contributed by atoms with Gasteiger partial charge in [-0.1, -0.05) is 25.5 Å². The van der Waals surface area contributed by atoms with Gasteiger partial charge in [-0.3, -0.25) is 0 Å². The van der Waals surface area contributed by atoms with E-state index in [9.17, 15) is 0 Å². The van der Waals surface area contributed by atoms with Crippen LogP contribution in [0, 0.1) is 5.41 Å². The van der Waals surface area contributed by atoms with Crippen molar-refractivity contribution >= 4 is 0 Å². The summed E-state index contributed by atoms with van der Waals surface area (Å²) in [5, 5.41) is 0. The monoisotopic (exact) mass is 219 g/mol. The number of nitrogens with two attached hydrogens (primary N) is 1. The van der Waals surface area contributed by atoms with Gasteiger partial charge in [0.05, 0.1) is 6.61 Å². The van der Waals surface area contributed by atoms with E-state index >= 15 is 0 Å². The van der Waals surface area contributed by atoms with Crippen molar-refractivity contribution in [2.75, 3.05) is 13.2 Å². The Morgan fingerprint density at radius 1 is 1.38 bits per heavy atom. The van der Waals surface area contributed by atoms with E-state index in [1.165, 1.54) is 24.8 Å². The summed E-state index contributed by atoms with van der Waals surface area (Å²) >= 11 is 0. The summed E-state index contributed by atoms with van der Waals surface area (Å²) < 4.78 is 5.87. The van der Waals surface area contributed by atoms with Gasteiger partial charge in [0.15, 0.2) is 0 Å². The Morgan fingerprint density at radius 2 is 2.19 bits per heavy atom. The first kappa shape index (κ1) is 11.5. The molecule has 0 aliphatic heterocycles. The second kappa shape index (κ2) is 4.88. The second-order valence-corrected chi connectivity index (χ2v) is 4.85. The van der Waals surface area contributed by atoms with Crippen LogP contribution in [0.4, 0.5) is 0 Å². The summed E-state index contributed by atoms with van der Waals surface area (Å²) in [6.45, 7) is 3.68. The largest absolute Gasteiger partial charge is 0.493 e. The van der Waals surface area contributed by atoms with Crippen molar-refractivity contribution in [2.24, 2.45) is 11.1 Å². The number of hydrogen-bond acceptors (Lipinski definition) is 2. The van der Waals surface area contributed by atoms with E-state index in [1.54, 1.807) is 0 Å². The van der Waals surface area contributed by atoms with Crippen molar-refractivity contribution in [2.45, 2.75) is 32.6 Å². The van der Waals surface area contributed by atoms with Crippen LogP contribution in [0.2, 0.25) is 0 Å². The number of hydrogen-bond donors (Lipinski definition) is 1. The molecular formula is C14H21NO. The van der Waals surface area contributed by atoms with Crippen LogP contribution in [0.3, 0.4) is 0 Å². The Balaban J connectivity index is 1.93. The molecule has 88 valence electrons. The van der Waals surface area contributed by atoms with Crippen LogP contribution in [0.25, 0.3) is 0 Å². The lowest BCUT2D eigenvalue weighted by Crippen LogP contribution is -2.42. The summed E-state index contributed by atoms with van der Waals surface area (Å²) in [6.07, 6.45) is 4.79. The first-order valence-corrected chi connectivity index (χ1v) is 6.20. The molecule has 0 heterocycles. The fourth-order valence-electron chi connectivity index (χ4n) is 2.18. The zero-order chi connectivity index (χ0) is 11.4. The SMILES string of the molecule is CCc1cccc(OCC2(CN)CCC2)c1. The average molecular weight is 219 g/mol. The average Bonchev–Trinajstić information content (AvgIpc) is 2.29. The Bertz CT molecular complexity index is 339. The molecule has 0 saturated heterocycles. The third-order valence-corrected chi connectivity index (χ3v) is 3.70. The minimum Gasteiger partial charge on any atom is -0.493 e. The molecule has 0 bridgehead atoms. The molecule has 1 aromatic carbocycles. The fraction of sp³-hybridized carbons (Fsp3) is 0.571. The Morgan fingerprint density at radius 3 is 2.75 bits per heavy atom. The van der Waals surface area contributed by atoms with Crippen molar-refractivity contribution in [3.63, 3.8) is 0 Å². The van der Waals surface area contributed by atoms with Gasteiger partial charge in [-0.2, -0.15) is 0 Å². The maximum absolute atomic E-state index is 5.87. The summed E-state index contributed by atoms with van der Waals surface area (Å²) in [6, 6.07) is 8.35. The third-order valence-electron chi connectivity index (χ3n) is 3.70. The van der Waals surface area contributed by atoms with Crippen molar-refractivity contribution < 1.29 is 4.74 Å². The van der Waals surface area contributed by atoms with Crippen LogP contribution in [-0.2, 0) is 6.42 Å². The zero-order valence-electron chi connectivity index (χ0n) is 10.0. The highest BCUT2D eigenvalue weighted by atomic mass is 16.5. The van der Waals surface area contributed by atoms with E-state index in [0.717, 1.165) is 25.3 Å². The molecule has 2 nitrogen and oxygen atoms in total. The summed E-state index contributed by atoms with van der Waals surface area (Å²) in [7, 11) is 0. The van der Waals surface area contributed by atoms with Gasteiger partial charge in [0.2, 0.25) is 0 Å². The smallest absolute Gasteiger partial charge is 0.119 e. The van der Waals surface area contributed by atoms with E-state index in [4.69, 9.17) is 10.5 Å². The summed E-state index contributed by atoms with van der Waals surface area (Å²) in [5.41, 5.74) is 7.40. The van der Waals surface area contributed by atoms with Gasteiger partial charge < -0.3 is 10.5 Å². The van der Waals surface area contributed by atoms with E-state index < -0.39 is 0 Å². The minimum atomic E-state index is 0.266. The van der Waals surface area contributed by atoms with Gasteiger partial charge in [-0.05, 0) is 37.0 Å². The molecular weight excluding hydrogens is 198 g/mol. The molecule has 1 saturated carbocycles. The third kappa shape index (κ3) is 2.38. The van der Waals surface area contributed by atoms with Gasteiger partial charge in [-0.15, -0.1) is 0 Å². The molecule has 0 spiro atoms. The lowest BCUT2D eigenvalue weighted by atomic mass is 9.69. The molecule has 16 heavy (non-hydrogen) atoms. The maximum Gasteiger partial charge on any atom is 0.119 e. The lowest BCUT2D eigenvalue weighted by molar-refractivity contribution is 0.0667. The molecule has 0 amide bonds. The van der Waals surface area contributed by atoms with Crippen molar-refractivity contribution in [1.29, 1.82) is 0 Å². The van der Waals surface area contributed by atoms with Gasteiger partial charge in [0.25, 0.3) is 0 Å². The topological polar surface area (TPSA) is 35.2 Å². The van der Waals surface area contributed by atoms with Crippen LogP contribution in [0.1, 0.15) is 31.7 Å². The van der Waals surface area contributed by atoms with Crippen molar-refractivity contribution in [1.82, 2.24) is 0 Å². The predicted molar refractivity (Wildman–Crippen MR) is 66.7 cm³/mol. The minimum absolute atomic E-state index is 0.266. The quantitative estimate of drug-likeness (QED) is 0.826. The molecule has 0 aromatic heterocycles. The van der Waals surface area contributed by atoms with Crippen LogP contribution >= 0.6 is 0 Å². The molecule has 0 unspecified atom stereocenters. The number of benzene rings is 1. The lowest BCUT2D eigenvalue weighted by Gasteiger charge is -2.40. The Labute approximate surface area is 97.8 Å². The molecule has 2 heteroatoms. The highest BCUT2D eigenvalue weighted by Gasteiger charge is 2.36. The van der Waals surface area contributed by atoms with Crippen LogP contribution in [0.15, 0.2) is 24.3 Å². The van der Waals surface area contributed by atoms with Crippen molar-refractivity contribution in [3.8, 4) is 5.75 Å². The zero-order valence-corrected chi connectivity index (χ0v) is 10.0. The fourth-order valence-corrected chi connectivity index (χ4v) is 2.18. The summed E-state index contributed by atoms with van der Waals surface area (Å²) in [4.78, 5) is 0. The Kier molecular flexibility index (Phi) is 3.49. The molecule has 1 fully saturated rings. The first-order valence-electron chi connectivity index (χ1n) is 6.20. The van der Waals surface area contributed by atoms with Crippen LogP contribution in [0.5, 0.6) is 5.75 Å².